The second kappa shape index (κ2) is 7.40. The largest absolute Gasteiger partial charge is 0.388 e. The number of hydrogen-bond acceptors (Lipinski definition) is 3. The van der Waals surface area contributed by atoms with E-state index in [4.69, 9.17) is 0 Å². The zero-order valence-electron chi connectivity index (χ0n) is 11.9. The number of carbonyl (C=O) groups excluding carboxylic acids is 1. The minimum Gasteiger partial charge on any atom is -0.388 e. The highest BCUT2D eigenvalue weighted by atomic mass is 16.3. The van der Waals surface area contributed by atoms with Crippen molar-refractivity contribution in [2.45, 2.75) is 19.4 Å². The molecule has 0 fully saturated rings. The molecule has 0 saturated carbocycles. The van der Waals surface area contributed by atoms with Crippen LogP contribution in [0.4, 0.5) is 10.5 Å². The summed E-state index contributed by atoms with van der Waals surface area (Å²) in [5.41, 5.74) is 2.48. The summed E-state index contributed by atoms with van der Waals surface area (Å²) in [6.07, 6.45) is 3.21. The fraction of sp³-hybridized carbons (Fsp3) is 0.250. The van der Waals surface area contributed by atoms with Crippen molar-refractivity contribution in [3.05, 3.63) is 59.9 Å². The molecule has 0 saturated heterocycles. The highest BCUT2D eigenvalue weighted by molar-refractivity contribution is 5.89. The highest BCUT2D eigenvalue weighted by Gasteiger charge is 2.08. The molecule has 1 unspecified atom stereocenters. The quantitative estimate of drug-likeness (QED) is 0.790. The van der Waals surface area contributed by atoms with Crippen LogP contribution in [0.3, 0.4) is 0 Å². The van der Waals surface area contributed by atoms with Gasteiger partial charge in [0, 0.05) is 24.6 Å². The fourth-order valence-electron chi connectivity index (χ4n) is 1.94. The molecule has 2 amide bonds. The number of carbonyl (C=O) groups is 1. The Morgan fingerprint density at radius 2 is 2.05 bits per heavy atom. The number of anilines is 1. The number of aromatic nitrogens is 1. The maximum atomic E-state index is 11.8. The van der Waals surface area contributed by atoms with E-state index in [2.05, 4.69) is 15.6 Å². The van der Waals surface area contributed by atoms with E-state index in [0.717, 1.165) is 16.8 Å². The van der Waals surface area contributed by atoms with Gasteiger partial charge >= 0.3 is 6.03 Å². The van der Waals surface area contributed by atoms with Gasteiger partial charge in [-0.25, -0.2) is 4.79 Å². The number of urea groups is 1. The summed E-state index contributed by atoms with van der Waals surface area (Å²) in [7, 11) is 0. The second-order valence-corrected chi connectivity index (χ2v) is 4.79. The Morgan fingerprint density at radius 1 is 1.29 bits per heavy atom. The molecule has 1 aromatic heterocycles. The zero-order chi connectivity index (χ0) is 15.1. The topological polar surface area (TPSA) is 74.2 Å². The van der Waals surface area contributed by atoms with Gasteiger partial charge in [0.05, 0.1) is 6.10 Å². The molecule has 110 valence electrons. The summed E-state index contributed by atoms with van der Waals surface area (Å²) in [5, 5.41) is 15.5. The van der Waals surface area contributed by atoms with Crippen molar-refractivity contribution >= 4 is 11.7 Å². The van der Waals surface area contributed by atoms with Gasteiger partial charge in [0.1, 0.15) is 0 Å². The first-order valence-electron chi connectivity index (χ1n) is 6.85. The van der Waals surface area contributed by atoms with Gasteiger partial charge in [0.25, 0.3) is 0 Å². The van der Waals surface area contributed by atoms with E-state index in [1.165, 1.54) is 0 Å². The Morgan fingerprint density at radius 3 is 2.76 bits per heavy atom. The van der Waals surface area contributed by atoms with Crippen LogP contribution >= 0.6 is 0 Å². The van der Waals surface area contributed by atoms with Gasteiger partial charge in [0.15, 0.2) is 0 Å². The second-order valence-electron chi connectivity index (χ2n) is 4.79. The van der Waals surface area contributed by atoms with Crippen LogP contribution in [0.1, 0.15) is 23.7 Å². The molecule has 0 aliphatic carbocycles. The molecule has 0 bridgehead atoms. The molecular formula is C16H19N3O2. The van der Waals surface area contributed by atoms with Crippen LogP contribution < -0.4 is 10.6 Å². The van der Waals surface area contributed by atoms with Gasteiger partial charge in [-0.2, -0.15) is 0 Å². The number of aliphatic hydroxyl groups excluding tert-OH is 1. The number of nitrogens with zero attached hydrogens (tertiary/aromatic N) is 1. The Balaban J connectivity index is 1.76. The third-order valence-corrected chi connectivity index (χ3v) is 3.16. The maximum Gasteiger partial charge on any atom is 0.319 e. The molecule has 5 nitrogen and oxygen atoms in total. The number of benzene rings is 1. The molecule has 0 radical (unpaired) electrons. The van der Waals surface area contributed by atoms with Crippen molar-refractivity contribution in [2.24, 2.45) is 0 Å². The van der Waals surface area contributed by atoms with Crippen LogP contribution in [0.15, 0.2) is 48.8 Å². The molecule has 0 spiro atoms. The van der Waals surface area contributed by atoms with Gasteiger partial charge in [-0.05, 0) is 30.5 Å². The highest BCUT2D eigenvalue weighted by Crippen LogP contribution is 2.15. The van der Waals surface area contributed by atoms with Gasteiger partial charge in [-0.3, -0.25) is 4.98 Å². The average molecular weight is 285 g/mol. The Hall–Kier alpha value is -2.40. The van der Waals surface area contributed by atoms with E-state index < -0.39 is 6.10 Å². The lowest BCUT2D eigenvalue weighted by Crippen LogP contribution is -2.30. The third-order valence-electron chi connectivity index (χ3n) is 3.16. The number of aryl methyl sites for hydroxylation is 1. The fourth-order valence-corrected chi connectivity index (χ4v) is 1.94. The van der Waals surface area contributed by atoms with Gasteiger partial charge < -0.3 is 15.7 Å². The molecule has 5 heteroatoms. The molecule has 1 aromatic carbocycles. The first-order valence-corrected chi connectivity index (χ1v) is 6.85. The Kier molecular flexibility index (Phi) is 5.29. The van der Waals surface area contributed by atoms with E-state index in [-0.39, 0.29) is 6.03 Å². The number of hydrogen-bond donors (Lipinski definition) is 3. The molecule has 0 aliphatic rings. The first kappa shape index (κ1) is 15.0. The third kappa shape index (κ3) is 4.57. The van der Waals surface area contributed by atoms with Crippen LogP contribution in [-0.4, -0.2) is 22.7 Å². The smallest absolute Gasteiger partial charge is 0.319 e. The summed E-state index contributed by atoms with van der Waals surface area (Å²) < 4.78 is 0. The van der Waals surface area contributed by atoms with E-state index in [0.29, 0.717) is 13.0 Å². The lowest BCUT2D eigenvalue weighted by Gasteiger charge is -2.12. The van der Waals surface area contributed by atoms with Crippen molar-refractivity contribution in [1.29, 1.82) is 0 Å². The van der Waals surface area contributed by atoms with Crippen LogP contribution in [0, 0.1) is 6.92 Å². The normalized spacial score (nSPS) is 11.7. The van der Waals surface area contributed by atoms with E-state index in [9.17, 15) is 9.90 Å². The number of nitrogens with one attached hydrogen (secondary N) is 2. The predicted molar refractivity (Wildman–Crippen MR) is 82.0 cm³/mol. The average Bonchev–Trinajstić information content (AvgIpc) is 2.50. The molecule has 2 aromatic rings. The SMILES string of the molecule is Cc1cnccc1NC(=O)NCCC(O)c1ccccc1. The van der Waals surface area contributed by atoms with Crippen LogP contribution in [0.5, 0.6) is 0 Å². The number of rotatable bonds is 5. The van der Waals surface area contributed by atoms with Crippen molar-refractivity contribution in [3.8, 4) is 0 Å². The standard InChI is InChI=1S/C16H19N3O2/c1-12-11-17-9-7-14(12)19-16(21)18-10-8-15(20)13-5-3-2-4-6-13/h2-7,9,11,15,20H,8,10H2,1H3,(H2,17,18,19,21). The molecule has 1 atom stereocenters. The number of aliphatic hydroxyl groups is 1. The zero-order valence-corrected chi connectivity index (χ0v) is 11.9. The van der Waals surface area contributed by atoms with Crippen LogP contribution in [-0.2, 0) is 0 Å². The molecule has 1 heterocycles. The Bertz CT molecular complexity index is 587. The molecular weight excluding hydrogens is 266 g/mol. The first-order chi connectivity index (χ1) is 10.2. The Labute approximate surface area is 124 Å². The minimum absolute atomic E-state index is 0.287. The summed E-state index contributed by atoms with van der Waals surface area (Å²) >= 11 is 0. The molecule has 3 N–H and O–H groups in total. The van der Waals surface area contributed by atoms with E-state index >= 15 is 0 Å². The van der Waals surface area contributed by atoms with Crippen LogP contribution in [0.25, 0.3) is 0 Å². The molecule has 21 heavy (non-hydrogen) atoms. The van der Waals surface area contributed by atoms with Crippen LogP contribution in [0.2, 0.25) is 0 Å². The van der Waals surface area contributed by atoms with E-state index in [1.807, 2.05) is 37.3 Å². The maximum absolute atomic E-state index is 11.8. The number of pyridine rings is 1. The predicted octanol–water partition coefficient (Wildman–Crippen LogP) is 2.64. The summed E-state index contributed by atoms with van der Waals surface area (Å²) in [5.74, 6) is 0. The van der Waals surface area contributed by atoms with Gasteiger partial charge in [-0.1, -0.05) is 30.3 Å². The lowest BCUT2D eigenvalue weighted by molar-refractivity contribution is 0.167. The van der Waals surface area contributed by atoms with E-state index in [1.54, 1.807) is 18.5 Å². The van der Waals surface area contributed by atoms with Crippen molar-refractivity contribution in [3.63, 3.8) is 0 Å². The number of amides is 2. The summed E-state index contributed by atoms with van der Waals surface area (Å²) in [6, 6.07) is 10.9. The minimum atomic E-state index is -0.575. The molecule has 0 aliphatic heterocycles. The van der Waals surface area contributed by atoms with Crippen molar-refractivity contribution < 1.29 is 9.90 Å². The van der Waals surface area contributed by atoms with Gasteiger partial charge in [-0.15, -0.1) is 0 Å². The monoisotopic (exact) mass is 285 g/mol. The van der Waals surface area contributed by atoms with Crippen molar-refractivity contribution in [1.82, 2.24) is 10.3 Å². The van der Waals surface area contributed by atoms with Gasteiger partial charge in [0.2, 0.25) is 0 Å². The lowest BCUT2D eigenvalue weighted by atomic mass is 10.1. The summed E-state index contributed by atoms with van der Waals surface area (Å²) in [4.78, 5) is 15.7. The van der Waals surface area contributed by atoms with Crippen molar-refractivity contribution in [2.75, 3.05) is 11.9 Å². The summed E-state index contributed by atoms with van der Waals surface area (Å²) in [6.45, 7) is 2.27. The molecule has 2 rings (SSSR count).